The maximum atomic E-state index is 12.7. The number of ether oxygens (including phenoxy) is 1. The fourth-order valence-corrected chi connectivity index (χ4v) is 2.87. The van der Waals surface area contributed by atoms with Crippen molar-refractivity contribution in [1.82, 2.24) is 0 Å². The quantitative estimate of drug-likeness (QED) is 0.673. The molecule has 0 aromatic heterocycles. The zero-order valence-electron chi connectivity index (χ0n) is 15.5. The van der Waals surface area contributed by atoms with Crippen LogP contribution in [0.5, 0.6) is 0 Å². The van der Waals surface area contributed by atoms with E-state index in [1.807, 2.05) is 0 Å². The Morgan fingerprint density at radius 2 is 1.29 bits per heavy atom. The average molecular weight is 379 g/mol. The van der Waals surface area contributed by atoms with Gasteiger partial charge in [-0.1, -0.05) is 24.3 Å². The largest absolute Gasteiger partial charge is 0.465 e. The van der Waals surface area contributed by atoms with Crippen molar-refractivity contribution in [2.24, 2.45) is 16.9 Å². The van der Waals surface area contributed by atoms with Gasteiger partial charge in [-0.05, 0) is 42.3 Å². The lowest BCUT2D eigenvalue weighted by molar-refractivity contribution is -0.152. The summed E-state index contributed by atoms with van der Waals surface area (Å²) in [5, 5.41) is 9.88. The summed E-state index contributed by atoms with van der Waals surface area (Å²) in [6.45, 7) is 1.81. The monoisotopic (exact) mass is 379 g/mol. The average Bonchev–Trinajstić information content (AvgIpc) is 2.68. The van der Waals surface area contributed by atoms with Crippen LogP contribution in [0, 0.1) is 16.7 Å². The highest BCUT2D eigenvalue weighted by Gasteiger charge is 2.41. The number of carbonyl (C=O) groups is 3. The SMILES string of the molecule is CCOC(=O)C(C#N)(Cc1ccc(C(N)=O)cc1)Cc1ccc(C(N)=O)cc1. The number of benzene rings is 2. The van der Waals surface area contributed by atoms with Gasteiger partial charge >= 0.3 is 5.97 Å². The zero-order chi connectivity index (χ0) is 20.7. The molecule has 0 spiro atoms. The molecule has 4 N–H and O–H groups in total. The molecule has 0 bridgehead atoms. The van der Waals surface area contributed by atoms with Crippen molar-refractivity contribution in [2.45, 2.75) is 19.8 Å². The molecule has 2 amide bonds. The molecule has 0 heterocycles. The van der Waals surface area contributed by atoms with Gasteiger partial charge < -0.3 is 16.2 Å². The van der Waals surface area contributed by atoms with E-state index in [1.165, 1.54) is 0 Å². The number of rotatable bonds is 8. The van der Waals surface area contributed by atoms with Gasteiger partial charge in [0.25, 0.3) is 0 Å². The fourth-order valence-electron chi connectivity index (χ4n) is 2.87. The lowest BCUT2D eigenvalue weighted by atomic mass is 9.77. The molecule has 0 aliphatic rings. The van der Waals surface area contributed by atoms with Gasteiger partial charge in [-0.15, -0.1) is 0 Å². The number of primary amides is 2. The molecule has 2 rings (SSSR count). The Bertz CT molecular complexity index is 853. The van der Waals surface area contributed by atoms with Gasteiger partial charge in [0, 0.05) is 24.0 Å². The highest BCUT2D eigenvalue weighted by Crippen LogP contribution is 2.30. The summed E-state index contributed by atoms with van der Waals surface area (Å²) in [6, 6.07) is 14.9. The number of hydrogen-bond acceptors (Lipinski definition) is 5. The van der Waals surface area contributed by atoms with Gasteiger partial charge in [-0.2, -0.15) is 5.26 Å². The van der Waals surface area contributed by atoms with Crippen molar-refractivity contribution in [3.05, 3.63) is 70.8 Å². The molecule has 7 nitrogen and oxygen atoms in total. The molecular weight excluding hydrogens is 358 g/mol. The van der Waals surface area contributed by atoms with Crippen molar-refractivity contribution >= 4 is 17.8 Å². The first kappa shape index (κ1) is 20.6. The minimum atomic E-state index is -1.46. The number of nitrogens with zero attached hydrogens (tertiary/aromatic N) is 1. The van der Waals surface area contributed by atoms with Crippen LogP contribution in [0.25, 0.3) is 0 Å². The third-order valence-corrected chi connectivity index (χ3v) is 4.37. The van der Waals surface area contributed by atoms with Gasteiger partial charge in [-0.3, -0.25) is 14.4 Å². The molecule has 2 aromatic carbocycles. The molecule has 0 unspecified atom stereocenters. The van der Waals surface area contributed by atoms with E-state index in [2.05, 4.69) is 6.07 Å². The third kappa shape index (κ3) is 4.74. The first-order valence-electron chi connectivity index (χ1n) is 8.67. The predicted molar refractivity (Wildman–Crippen MR) is 102 cm³/mol. The summed E-state index contributed by atoms with van der Waals surface area (Å²) in [6.07, 6.45) is 0.192. The maximum absolute atomic E-state index is 12.7. The molecule has 0 fully saturated rings. The number of amides is 2. The zero-order valence-corrected chi connectivity index (χ0v) is 15.5. The van der Waals surface area contributed by atoms with Gasteiger partial charge in [0.15, 0.2) is 5.41 Å². The van der Waals surface area contributed by atoms with E-state index in [1.54, 1.807) is 55.5 Å². The first-order valence-corrected chi connectivity index (χ1v) is 8.67. The number of hydrogen-bond donors (Lipinski definition) is 2. The Morgan fingerprint density at radius 1 is 0.893 bits per heavy atom. The van der Waals surface area contributed by atoms with E-state index in [0.29, 0.717) is 22.3 Å². The molecule has 0 aliphatic heterocycles. The van der Waals surface area contributed by atoms with E-state index in [9.17, 15) is 19.6 Å². The van der Waals surface area contributed by atoms with Crippen LogP contribution in [0.1, 0.15) is 38.8 Å². The molecule has 0 saturated heterocycles. The second-order valence-electron chi connectivity index (χ2n) is 6.39. The Morgan fingerprint density at radius 3 is 1.57 bits per heavy atom. The summed E-state index contributed by atoms with van der Waals surface area (Å²) in [4.78, 5) is 35.1. The van der Waals surface area contributed by atoms with E-state index < -0.39 is 23.2 Å². The van der Waals surface area contributed by atoms with Crippen LogP contribution in [0.2, 0.25) is 0 Å². The van der Waals surface area contributed by atoms with Gasteiger partial charge in [-0.25, -0.2) is 0 Å². The van der Waals surface area contributed by atoms with Crippen LogP contribution in [-0.2, 0) is 22.4 Å². The highest BCUT2D eigenvalue weighted by molar-refractivity contribution is 5.93. The normalized spacial score (nSPS) is 10.7. The second kappa shape index (κ2) is 8.82. The van der Waals surface area contributed by atoms with E-state index in [-0.39, 0.29) is 19.4 Å². The summed E-state index contributed by atoms with van der Waals surface area (Å²) in [7, 11) is 0. The Hall–Kier alpha value is -3.66. The molecule has 2 aromatic rings. The van der Waals surface area contributed by atoms with Gasteiger partial charge in [0.1, 0.15) is 0 Å². The minimum absolute atomic E-state index is 0.0962. The highest BCUT2D eigenvalue weighted by atomic mass is 16.5. The molecule has 28 heavy (non-hydrogen) atoms. The molecule has 0 radical (unpaired) electrons. The second-order valence-corrected chi connectivity index (χ2v) is 6.39. The summed E-state index contributed by atoms with van der Waals surface area (Å²) < 4.78 is 5.16. The van der Waals surface area contributed by atoms with E-state index in [4.69, 9.17) is 16.2 Å². The van der Waals surface area contributed by atoms with E-state index in [0.717, 1.165) is 0 Å². The number of carbonyl (C=O) groups excluding carboxylic acids is 3. The number of nitriles is 1. The first-order chi connectivity index (χ1) is 13.3. The smallest absolute Gasteiger partial charge is 0.327 e. The van der Waals surface area contributed by atoms with Crippen molar-refractivity contribution in [3.63, 3.8) is 0 Å². The van der Waals surface area contributed by atoms with Gasteiger partial charge in [0.05, 0.1) is 12.7 Å². The Kier molecular flexibility index (Phi) is 6.51. The summed E-state index contributed by atoms with van der Waals surface area (Å²) in [5.41, 5.74) is 11.1. The van der Waals surface area contributed by atoms with Crippen LogP contribution in [0.3, 0.4) is 0 Å². The molecule has 144 valence electrons. The van der Waals surface area contributed by atoms with Gasteiger partial charge in [0.2, 0.25) is 11.8 Å². The van der Waals surface area contributed by atoms with Crippen LogP contribution in [-0.4, -0.2) is 24.4 Å². The number of nitrogens with two attached hydrogens (primary N) is 2. The van der Waals surface area contributed by atoms with Crippen molar-refractivity contribution in [2.75, 3.05) is 6.61 Å². The molecule has 0 aliphatic carbocycles. The standard InChI is InChI=1S/C21H21N3O4/c1-2-28-20(27)21(13-22,11-14-3-7-16(8-4-14)18(23)25)12-15-5-9-17(10-6-15)19(24)26/h3-10H,2,11-12H2,1H3,(H2,23,25)(H2,24,26). The predicted octanol–water partition coefficient (Wildman–Crippen LogP) is 1.74. The van der Waals surface area contributed by atoms with Crippen molar-refractivity contribution in [1.29, 1.82) is 5.26 Å². The van der Waals surface area contributed by atoms with Crippen molar-refractivity contribution in [3.8, 4) is 6.07 Å². The topological polar surface area (TPSA) is 136 Å². The lowest BCUT2D eigenvalue weighted by Gasteiger charge is -2.25. The number of esters is 1. The lowest BCUT2D eigenvalue weighted by Crippen LogP contribution is -2.36. The summed E-state index contributed by atoms with van der Waals surface area (Å²) >= 11 is 0. The molecule has 0 saturated carbocycles. The van der Waals surface area contributed by atoms with Crippen LogP contribution >= 0.6 is 0 Å². The fraction of sp³-hybridized carbons (Fsp3) is 0.238. The molecule has 0 atom stereocenters. The third-order valence-electron chi connectivity index (χ3n) is 4.37. The minimum Gasteiger partial charge on any atom is -0.465 e. The molecule has 7 heteroatoms. The summed E-state index contributed by atoms with van der Waals surface area (Å²) in [5.74, 6) is -1.74. The Labute approximate surface area is 162 Å². The van der Waals surface area contributed by atoms with Crippen LogP contribution < -0.4 is 11.5 Å². The maximum Gasteiger partial charge on any atom is 0.327 e. The van der Waals surface area contributed by atoms with Crippen LogP contribution in [0.15, 0.2) is 48.5 Å². The molecular formula is C21H21N3O4. The van der Waals surface area contributed by atoms with Crippen molar-refractivity contribution < 1.29 is 19.1 Å². The van der Waals surface area contributed by atoms with E-state index >= 15 is 0 Å². The Balaban J connectivity index is 2.36. The van der Waals surface area contributed by atoms with Crippen LogP contribution in [0.4, 0.5) is 0 Å².